The first kappa shape index (κ1) is 15.2. The summed E-state index contributed by atoms with van der Waals surface area (Å²) in [6.45, 7) is 4.66. The molecule has 0 spiro atoms. The summed E-state index contributed by atoms with van der Waals surface area (Å²) in [4.78, 5) is 32.1. The third kappa shape index (κ3) is 6.34. The number of aliphatic carboxylic acids is 2. The van der Waals surface area contributed by atoms with Gasteiger partial charge in [-0.15, -0.1) is 0 Å². The lowest BCUT2D eigenvalue weighted by molar-refractivity contribution is -0.154. The van der Waals surface area contributed by atoms with Gasteiger partial charge in [-0.2, -0.15) is 0 Å². The third-order valence-electron chi connectivity index (χ3n) is 2.26. The van der Waals surface area contributed by atoms with Crippen LogP contribution >= 0.6 is 0 Å². The summed E-state index contributed by atoms with van der Waals surface area (Å²) in [7, 11) is 0. The monoisotopic (exact) mass is 244 g/mol. The highest BCUT2D eigenvalue weighted by Crippen LogP contribution is 2.16. The summed E-state index contributed by atoms with van der Waals surface area (Å²) in [5.74, 6) is -3.69. The van der Waals surface area contributed by atoms with Crippen molar-refractivity contribution in [2.24, 2.45) is 5.92 Å². The molecule has 0 bridgehead atoms. The Kier molecular flexibility index (Phi) is 6.62. The van der Waals surface area contributed by atoms with Crippen molar-refractivity contribution in [3.8, 4) is 0 Å². The number of carboxylic acids is 2. The minimum Gasteiger partial charge on any atom is -0.481 e. The number of hydrogen-bond donors (Lipinski definition) is 2. The van der Waals surface area contributed by atoms with Crippen molar-refractivity contribution in [3.05, 3.63) is 12.7 Å². The van der Waals surface area contributed by atoms with E-state index in [0.717, 1.165) is 6.08 Å². The maximum atomic E-state index is 10.9. The molecule has 2 N–H and O–H groups in total. The highest BCUT2D eigenvalue weighted by atomic mass is 16.5. The van der Waals surface area contributed by atoms with Gasteiger partial charge in [0.25, 0.3) is 0 Å². The van der Waals surface area contributed by atoms with Crippen LogP contribution in [0.4, 0.5) is 0 Å². The number of hydrogen-bond acceptors (Lipinski definition) is 4. The summed E-state index contributed by atoms with van der Waals surface area (Å²) in [6, 6.07) is 0. The van der Waals surface area contributed by atoms with Crippen LogP contribution < -0.4 is 0 Å². The van der Waals surface area contributed by atoms with E-state index >= 15 is 0 Å². The first-order chi connectivity index (χ1) is 7.88. The average Bonchev–Trinajstić information content (AvgIpc) is 2.22. The molecule has 0 fully saturated rings. The Morgan fingerprint density at radius 3 is 2.35 bits per heavy atom. The Balaban J connectivity index is 4.30. The van der Waals surface area contributed by atoms with E-state index in [1.54, 1.807) is 0 Å². The minimum atomic E-state index is -1.11. The lowest BCUT2D eigenvalue weighted by Gasteiger charge is -2.19. The molecule has 0 aliphatic carbocycles. The summed E-state index contributed by atoms with van der Waals surface area (Å²) >= 11 is 0. The van der Waals surface area contributed by atoms with E-state index in [1.807, 2.05) is 0 Å². The smallest absolute Gasteiger partial charge is 0.330 e. The molecular formula is C11H16O6. The van der Waals surface area contributed by atoms with Gasteiger partial charge in [-0.1, -0.05) is 6.58 Å². The molecule has 0 saturated carbocycles. The van der Waals surface area contributed by atoms with E-state index in [9.17, 15) is 14.4 Å². The van der Waals surface area contributed by atoms with Gasteiger partial charge in [0.2, 0.25) is 0 Å². The first-order valence-electron chi connectivity index (χ1n) is 5.16. The van der Waals surface area contributed by atoms with Crippen molar-refractivity contribution in [3.63, 3.8) is 0 Å². The molecule has 2 unspecified atom stereocenters. The SMILES string of the molecule is C=CC(=O)OC(C)C(CCCC(=O)O)C(=O)O. The molecule has 0 aliphatic rings. The van der Waals surface area contributed by atoms with Crippen LogP contribution in [0.3, 0.4) is 0 Å². The summed E-state index contributed by atoms with van der Waals surface area (Å²) in [6.07, 6.45) is 0.403. The molecule has 0 rings (SSSR count). The minimum absolute atomic E-state index is 0.105. The molecule has 0 radical (unpaired) electrons. The molecular weight excluding hydrogens is 228 g/mol. The van der Waals surface area contributed by atoms with Crippen LogP contribution in [-0.4, -0.2) is 34.2 Å². The van der Waals surface area contributed by atoms with Gasteiger partial charge in [0.05, 0.1) is 5.92 Å². The molecule has 0 aromatic carbocycles. The standard InChI is InChI=1S/C11H16O6/c1-3-10(14)17-7(2)8(11(15)16)5-4-6-9(12)13/h3,7-8H,1,4-6H2,2H3,(H,12,13)(H,15,16). The number of ether oxygens (including phenoxy) is 1. The molecule has 6 heteroatoms. The molecule has 0 heterocycles. The van der Waals surface area contributed by atoms with E-state index in [2.05, 4.69) is 6.58 Å². The second-order valence-electron chi connectivity index (χ2n) is 3.58. The van der Waals surface area contributed by atoms with Gasteiger partial charge in [-0.05, 0) is 19.8 Å². The van der Waals surface area contributed by atoms with Gasteiger partial charge in [0.1, 0.15) is 6.10 Å². The molecule has 0 aliphatic heterocycles. The molecule has 0 aromatic rings. The number of carbonyl (C=O) groups is 3. The normalized spacial score (nSPS) is 13.5. The predicted octanol–water partition coefficient (Wildman–Crippen LogP) is 1.06. The molecule has 0 saturated heterocycles. The van der Waals surface area contributed by atoms with Gasteiger partial charge in [-0.3, -0.25) is 9.59 Å². The molecule has 6 nitrogen and oxygen atoms in total. The van der Waals surface area contributed by atoms with Crippen molar-refractivity contribution in [2.45, 2.75) is 32.3 Å². The lowest BCUT2D eigenvalue weighted by atomic mass is 9.97. The Hall–Kier alpha value is -1.85. The zero-order valence-electron chi connectivity index (χ0n) is 9.59. The van der Waals surface area contributed by atoms with E-state index in [-0.39, 0.29) is 19.3 Å². The quantitative estimate of drug-likeness (QED) is 0.489. The maximum absolute atomic E-state index is 10.9. The van der Waals surface area contributed by atoms with Crippen molar-refractivity contribution in [1.29, 1.82) is 0 Å². The van der Waals surface area contributed by atoms with Crippen LogP contribution in [0.1, 0.15) is 26.2 Å². The Bertz CT molecular complexity index is 309. The topological polar surface area (TPSA) is 101 Å². The summed E-state index contributed by atoms with van der Waals surface area (Å²) in [5.41, 5.74) is 0. The zero-order valence-corrected chi connectivity index (χ0v) is 9.59. The van der Waals surface area contributed by atoms with Crippen molar-refractivity contribution < 1.29 is 29.3 Å². The zero-order chi connectivity index (χ0) is 13.4. The predicted molar refractivity (Wildman–Crippen MR) is 58.4 cm³/mol. The van der Waals surface area contributed by atoms with Crippen LogP contribution in [0.5, 0.6) is 0 Å². The summed E-state index contributed by atoms with van der Waals surface area (Å²) in [5, 5.41) is 17.4. The van der Waals surface area contributed by atoms with E-state index in [4.69, 9.17) is 14.9 Å². The largest absolute Gasteiger partial charge is 0.481 e. The van der Waals surface area contributed by atoms with Crippen LogP contribution in [0.15, 0.2) is 12.7 Å². The Morgan fingerprint density at radius 1 is 1.35 bits per heavy atom. The van der Waals surface area contributed by atoms with E-state index in [1.165, 1.54) is 6.92 Å². The van der Waals surface area contributed by atoms with Gasteiger partial charge in [-0.25, -0.2) is 4.79 Å². The number of esters is 1. The maximum Gasteiger partial charge on any atom is 0.330 e. The average molecular weight is 244 g/mol. The van der Waals surface area contributed by atoms with Crippen LogP contribution in [-0.2, 0) is 19.1 Å². The molecule has 2 atom stereocenters. The van der Waals surface area contributed by atoms with Gasteiger partial charge < -0.3 is 14.9 Å². The Morgan fingerprint density at radius 2 is 1.94 bits per heavy atom. The number of carbonyl (C=O) groups excluding carboxylic acids is 1. The fourth-order valence-corrected chi connectivity index (χ4v) is 1.35. The van der Waals surface area contributed by atoms with Crippen LogP contribution in [0.25, 0.3) is 0 Å². The number of rotatable bonds is 8. The van der Waals surface area contributed by atoms with E-state index in [0.29, 0.717) is 0 Å². The Labute approximate surface area is 98.9 Å². The highest BCUT2D eigenvalue weighted by molar-refractivity contribution is 5.81. The van der Waals surface area contributed by atoms with E-state index < -0.39 is 29.9 Å². The second kappa shape index (κ2) is 7.43. The second-order valence-corrected chi connectivity index (χ2v) is 3.58. The van der Waals surface area contributed by atoms with Crippen LogP contribution in [0, 0.1) is 5.92 Å². The highest BCUT2D eigenvalue weighted by Gasteiger charge is 2.26. The fourth-order valence-electron chi connectivity index (χ4n) is 1.35. The molecule has 96 valence electrons. The van der Waals surface area contributed by atoms with Gasteiger partial charge >= 0.3 is 17.9 Å². The van der Waals surface area contributed by atoms with Gasteiger partial charge in [0.15, 0.2) is 0 Å². The molecule has 0 aromatic heterocycles. The van der Waals surface area contributed by atoms with Crippen molar-refractivity contribution in [2.75, 3.05) is 0 Å². The van der Waals surface area contributed by atoms with Crippen LogP contribution in [0.2, 0.25) is 0 Å². The molecule has 0 amide bonds. The lowest BCUT2D eigenvalue weighted by Crippen LogP contribution is -2.30. The summed E-state index contributed by atoms with van der Waals surface area (Å²) < 4.78 is 4.80. The van der Waals surface area contributed by atoms with Crippen molar-refractivity contribution >= 4 is 17.9 Å². The van der Waals surface area contributed by atoms with Gasteiger partial charge in [0, 0.05) is 12.5 Å². The first-order valence-corrected chi connectivity index (χ1v) is 5.16. The number of carboxylic acid groups (broad SMARTS) is 2. The van der Waals surface area contributed by atoms with Crippen molar-refractivity contribution in [1.82, 2.24) is 0 Å². The fraction of sp³-hybridized carbons (Fsp3) is 0.545. The third-order valence-corrected chi connectivity index (χ3v) is 2.26. The molecule has 17 heavy (non-hydrogen) atoms.